The first-order chi connectivity index (χ1) is 15.8. The third-order valence-electron chi connectivity index (χ3n) is 4.84. The molecule has 0 unspecified atom stereocenters. The minimum Gasteiger partial charge on any atom is -0.508 e. The van der Waals surface area contributed by atoms with Crippen molar-refractivity contribution in [3.63, 3.8) is 0 Å². The number of nitriles is 1. The number of phenolic OH excluding ortho intramolecular Hbond substituents is 1. The van der Waals surface area contributed by atoms with Crippen LogP contribution in [0.1, 0.15) is 16.7 Å². The SMILES string of the molecule is Cc1ccc(NC(=O)COc2ccc(/C=C(\C#N)C(=O)Nc3ccc(O)cc3)cc2)cc1C. The Morgan fingerprint density at radius 2 is 1.61 bits per heavy atom. The molecule has 0 fully saturated rings. The zero-order chi connectivity index (χ0) is 23.8. The highest BCUT2D eigenvalue weighted by Crippen LogP contribution is 2.18. The Balaban J connectivity index is 1.56. The molecule has 3 N–H and O–H groups in total. The van der Waals surface area contributed by atoms with E-state index in [4.69, 9.17) is 4.74 Å². The Kier molecular flexibility index (Phi) is 7.45. The van der Waals surface area contributed by atoms with Crippen LogP contribution in [0.3, 0.4) is 0 Å². The fourth-order valence-corrected chi connectivity index (χ4v) is 2.88. The maximum absolute atomic E-state index is 12.3. The summed E-state index contributed by atoms with van der Waals surface area (Å²) in [5, 5.41) is 24.0. The van der Waals surface area contributed by atoms with Gasteiger partial charge < -0.3 is 20.5 Å². The predicted molar refractivity (Wildman–Crippen MR) is 127 cm³/mol. The number of aryl methyl sites for hydroxylation is 2. The molecule has 0 bridgehead atoms. The number of carbonyl (C=O) groups excluding carboxylic acids is 2. The fourth-order valence-electron chi connectivity index (χ4n) is 2.88. The molecule has 0 radical (unpaired) electrons. The highest BCUT2D eigenvalue weighted by Gasteiger charge is 2.10. The van der Waals surface area contributed by atoms with Crippen LogP contribution in [0.25, 0.3) is 6.08 Å². The van der Waals surface area contributed by atoms with E-state index in [9.17, 15) is 20.0 Å². The molecule has 0 heterocycles. The van der Waals surface area contributed by atoms with Gasteiger partial charge in [-0.3, -0.25) is 9.59 Å². The minimum absolute atomic E-state index is 0.0779. The molecule has 166 valence electrons. The van der Waals surface area contributed by atoms with Gasteiger partial charge in [0.15, 0.2) is 6.61 Å². The zero-order valence-corrected chi connectivity index (χ0v) is 18.3. The topological polar surface area (TPSA) is 111 Å². The quantitative estimate of drug-likeness (QED) is 0.282. The highest BCUT2D eigenvalue weighted by atomic mass is 16.5. The molecule has 3 aromatic carbocycles. The number of hydrogen-bond donors (Lipinski definition) is 3. The highest BCUT2D eigenvalue weighted by molar-refractivity contribution is 6.09. The van der Waals surface area contributed by atoms with Gasteiger partial charge in [-0.1, -0.05) is 18.2 Å². The van der Waals surface area contributed by atoms with Crippen LogP contribution in [0.4, 0.5) is 11.4 Å². The van der Waals surface area contributed by atoms with E-state index in [0.29, 0.717) is 22.7 Å². The number of ether oxygens (including phenoxy) is 1. The van der Waals surface area contributed by atoms with Crippen molar-refractivity contribution < 1.29 is 19.4 Å². The van der Waals surface area contributed by atoms with Crippen LogP contribution in [0.5, 0.6) is 11.5 Å². The first kappa shape index (κ1) is 23.1. The minimum atomic E-state index is -0.563. The Hall–Kier alpha value is -4.57. The fraction of sp³-hybridized carbons (Fsp3) is 0.115. The summed E-state index contributed by atoms with van der Waals surface area (Å²) in [4.78, 5) is 24.5. The van der Waals surface area contributed by atoms with Gasteiger partial charge in [-0.15, -0.1) is 0 Å². The van der Waals surface area contributed by atoms with E-state index in [2.05, 4.69) is 10.6 Å². The number of carbonyl (C=O) groups is 2. The van der Waals surface area contributed by atoms with Crippen molar-refractivity contribution in [2.24, 2.45) is 0 Å². The maximum atomic E-state index is 12.3. The molecule has 0 spiro atoms. The zero-order valence-electron chi connectivity index (χ0n) is 18.3. The van der Waals surface area contributed by atoms with Crippen LogP contribution in [0.15, 0.2) is 72.3 Å². The summed E-state index contributed by atoms with van der Waals surface area (Å²) in [6, 6.07) is 20.2. The lowest BCUT2D eigenvalue weighted by atomic mass is 10.1. The molecule has 0 saturated carbocycles. The molecule has 0 aliphatic heterocycles. The largest absolute Gasteiger partial charge is 0.508 e. The summed E-state index contributed by atoms with van der Waals surface area (Å²) < 4.78 is 5.52. The van der Waals surface area contributed by atoms with Crippen molar-refractivity contribution in [3.8, 4) is 17.6 Å². The Morgan fingerprint density at radius 1 is 0.939 bits per heavy atom. The van der Waals surface area contributed by atoms with E-state index in [-0.39, 0.29) is 23.8 Å². The van der Waals surface area contributed by atoms with E-state index in [1.54, 1.807) is 24.3 Å². The molecule has 2 amide bonds. The van der Waals surface area contributed by atoms with Crippen LogP contribution in [-0.2, 0) is 9.59 Å². The van der Waals surface area contributed by atoms with Gasteiger partial charge in [-0.05, 0) is 85.1 Å². The average Bonchev–Trinajstić information content (AvgIpc) is 2.80. The van der Waals surface area contributed by atoms with Crippen LogP contribution < -0.4 is 15.4 Å². The van der Waals surface area contributed by atoms with E-state index in [0.717, 1.165) is 11.1 Å². The van der Waals surface area contributed by atoms with Gasteiger partial charge in [0.1, 0.15) is 23.1 Å². The van der Waals surface area contributed by atoms with Crippen molar-refractivity contribution in [3.05, 3.63) is 89.0 Å². The maximum Gasteiger partial charge on any atom is 0.266 e. The number of hydrogen-bond acceptors (Lipinski definition) is 5. The number of rotatable bonds is 7. The van der Waals surface area contributed by atoms with Gasteiger partial charge in [0.25, 0.3) is 11.8 Å². The third-order valence-corrected chi connectivity index (χ3v) is 4.84. The lowest BCUT2D eigenvalue weighted by Crippen LogP contribution is -2.20. The van der Waals surface area contributed by atoms with Gasteiger partial charge >= 0.3 is 0 Å². The molecule has 33 heavy (non-hydrogen) atoms. The summed E-state index contributed by atoms with van der Waals surface area (Å²) in [5.41, 5.74) is 3.95. The van der Waals surface area contributed by atoms with Crippen molar-refractivity contribution in [2.75, 3.05) is 17.2 Å². The summed E-state index contributed by atoms with van der Waals surface area (Å²) in [5.74, 6) is -0.282. The second-order valence-electron chi connectivity index (χ2n) is 7.38. The Labute approximate surface area is 191 Å². The van der Waals surface area contributed by atoms with Gasteiger partial charge in [0, 0.05) is 11.4 Å². The number of anilines is 2. The smallest absolute Gasteiger partial charge is 0.266 e. The van der Waals surface area contributed by atoms with Crippen molar-refractivity contribution >= 4 is 29.3 Å². The van der Waals surface area contributed by atoms with Crippen LogP contribution in [-0.4, -0.2) is 23.5 Å². The molecule has 7 nitrogen and oxygen atoms in total. The third kappa shape index (κ3) is 6.71. The van der Waals surface area contributed by atoms with E-state index in [1.165, 1.54) is 30.3 Å². The van der Waals surface area contributed by atoms with Crippen molar-refractivity contribution in [1.82, 2.24) is 0 Å². The van der Waals surface area contributed by atoms with Gasteiger partial charge in [0.05, 0.1) is 0 Å². The molecule has 0 atom stereocenters. The molecular weight excluding hydrogens is 418 g/mol. The van der Waals surface area contributed by atoms with Crippen LogP contribution >= 0.6 is 0 Å². The van der Waals surface area contributed by atoms with Gasteiger partial charge in [-0.25, -0.2) is 0 Å². The standard InChI is InChI=1S/C26H23N3O4/c1-17-3-6-22(13-18(17)2)28-25(31)16-33-24-11-4-19(5-12-24)14-20(15-27)26(32)29-21-7-9-23(30)10-8-21/h3-14,30H,16H2,1-2H3,(H,28,31)(H,29,32)/b20-14+. The van der Waals surface area contributed by atoms with Crippen LogP contribution in [0.2, 0.25) is 0 Å². The number of phenols is 1. The monoisotopic (exact) mass is 441 g/mol. The van der Waals surface area contributed by atoms with Gasteiger partial charge in [-0.2, -0.15) is 5.26 Å². The van der Waals surface area contributed by atoms with E-state index in [1.807, 2.05) is 38.1 Å². The Morgan fingerprint density at radius 3 is 2.24 bits per heavy atom. The molecule has 3 rings (SSSR count). The lowest BCUT2D eigenvalue weighted by molar-refractivity contribution is -0.118. The normalized spacial score (nSPS) is 10.8. The molecular formula is C26H23N3O4. The first-order valence-electron chi connectivity index (χ1n) is 10.2. The van der Waals surface area contributed by atoms with Crippen molar-refractivity contribution in [2.45, 2.75) is 13.8 Å². The predicted octanol–water partition coefficient (Wildman–Crippen LogP) is 4.57. The molecule has 0 saturated heterocycles. The number of benzene rings is 3. The average molecular weight is 441 g/mol. The first-order valence-corrected chi connectivity index (χ1v) is 10.2. The summed E-state index contributed by atoms with van der Waals surface area (Å²) in [6.07, 6.45) is 1.45. The van der Waals surface area contributed by atoms with E-state index < -0.39 is 5.91 Å². The van der Waals surface area contributed by atoms with Gasteiger partial charge in [0.2, 0.25) is 0 Å². The van der Waals surface area contributed by atoms with E-state index >= 15 is 0 Å². The number of nitrogens with one attached hydrogen (secondary N) is 2. The molecule has 0 aliphatic carbocycles. The lowest BCUT2D eigenvalue weighted by Gasteiger charge is -2.09. The second kappa shape index (κ2) is 10.6. The van der Waals surface area contributed by atoms with Crippen LogP contribution in [0, 0.1) is 25.2 Å². The molecule has 7 heteroatoms. The van der Waals surface area contributed by atoms with Crippen molar-refractivity contribution in [1.29, 1.82) is 5.26 Å². The number of nitrogens with zero attached hydrogens (tertiary/aromatic N) is 1. The number of aromatic hydroxyl groups is 1. The number of amides is 2. The summed E-state index contributed by atoms with van der Waals surface area (Å²) in [6.45, 7) is 3.83. The summed E-state index contributed by atoms with van der Waals surface area (Å²) >= 11 is 0. The second-order valence-corrected chi connectivity index (χ2v) is 7.38. The molecule has 0 aromatic heterocycles. The summed E-state index contributed by atoms with van der Waals surface area (Å²) in [7, 11) is 0. The Bertz CT molecular complexity index is 1220. The molecule has 3 aromatic rings. The molecule has 0 aliphatic rings.